The van der Waals surface area contributed by atoms with Crippen LogP contribution in [-0.2, 0) is 0 Å². The van der Waals surface area contributed by atoms with Crippen LogP contribution in [0.4, 0.5) is 0 Å². The number of aliphatic hydroxyl groups excluding tert-OH is 1. The molecule has 1 unspecified atom stereocenters. The average Bonchev–Trinajstić information content (AvgIpc) is 2.05. The SMILES string of the molecule is CC(I)C1=CC=C(CO)CC1. The van der Waals surface area contributed by atoms with Crippen molar-refractivity contribution in [2.75, 3.05) is 6.61 Å². The molecule has 0 aromatic heterocycles. The summed E-state index contributed by atoms with van der Waals surface area (Å²) in [5, 5.41) is 8.82. The van der Waals surface area contributed by atoms with E-state index in [0.29, 0.717) is 3.92 Å². The highest BCUT2D eigenvalue weighted by molar-refractivity contribution is 14.1. The van der Waals surface area contributed by atoms with Crippen LogP contribution in [0, 0.1) is 0 Å². The minimum Gasteiger partial charge on any atom is -0.392 e. The Hall–Kier alpha value is 0.170. The summed E-state index contributed by atoms with van der Waals surface area (Å²) < 4.78 is 0.629. The Bertz CT molecular complexity index is 192. The zero-order valence-corrected chi connectivity index (χ0v) is 8.84. The highest BCUT2D eigenvalue weighted by Gasteiger charge is 2.08. The maximum atomic E-state index is 8.82. The van der Waals surface area contributed by atoms with E-state index in [-0.39, 0.29) is 6.61 Å². The molecule has 0 saturated heterocycles. The van der Waals surface area contributed by atoms with Crippen LogP contribution in [0.1, 0.15) is 19.8 Å². The minimum atomic E-state index is 0.222. The Morgan fingerprint density at radius 1 is 1.55 bits per heavy atom. The van der Waals surface area contributed by atoms with Crippen LogP contribution < -0.4 is 0 Å². The molecule has 0 aromatic carbocycles. The molecule has 0 spiro atoms. The molecule has 0 aromatic rings. The number of hydrogen-bond donors (Lipinski definition) is 1. The van der Waals surface area contributed by atoms with Crippen molar-refractivity contribution in [3.63, 3.8) is 0 Å². The minimum absolute atomic E-state index is 0.222. The van der Waals surface area contributed by atoms with Crippen LogP contribution >= 0.6 is 22.6 Å². The van der Waals surface area contributed by atoms with Crippen molar-refractivity contribution in [2.24, 2.45) is 0 Å². The van der Waals surface area contributed by atoms with Gasteiger partial charge in [0.25, 0.3) is 0 Å². The maximum absolute atomic E-state index is 8.82. The summed E-state index contributed by atoms with van der Waals surface area (Å²) >= 11 is 2.42. The van der Waals surface area contributed by atoms with E-state index >= 15 is 0 Å². The van der Waals surface area contributed by atoms with Gasteiger partial charge in [-0.3, -0.25) is 0 Å². The van der Waals surface area contributed by atoms with Gasteiger partial charge < -0.3 is 5.11 Å². The topological polar surface area (TPSA) is 20.2 Å². The molecule has 1 nitrogen and oxygen atoms in total. The van der Waals surface area contributed by atoms with Crippen LogP contribution in [0.3, 0.4) is 0 Å². The molecule has 0 aliphatic heterocycles. The molecule has 0 fully saturated rings. The van der Waals surface area contributed by atoms with E-state index in [9.17, 15) is 0 Å². The second-order valence-corrected chi connectivity index (χ2v) is 4.71. The lowest BCUT2D eigenvalue weighted by molar-refractivity contribution is 0.326. The fourth-order valence-electron chi connectivity index (χ4n) is 1.16. The molecule has 1 rings (SSSR count). The molecule has 0 heterocycles. The molecular weight excluding hydrogens is 251 g/mol. The lowest BCUT2D eigenvalue weighted by Gasteiger charge is -2.14. The van der Waals surface area contributed by atoms with Gasteiger partial charge in [0.1, 0.15) is 0 Å². The van der Waals surface area contributed by atoms with E-state index in [4.69, 9.17) is 5.11 Å². The second-order valence-electron chi connectivity index (χ2n) is 2.84. The first kappa shape index (κ1) is 9.26. The summed E-state index contributed by atoms with van der Waals surface area (Å²) in [6.45, 7) is 2.42. The van der Waals surface area contributed by atoms with E-state index < -0.39 is 0 Å². The molecule has 0 amide bonds. The van der Waals surface area contributed by atoms with E-state index in [1.807, 2.05) is 6.08 Å². The van der Waals surface area contributed by atoms with Crippen molar-refractivity contribution in [1.82, 2.24) is 0 Å². The van der Waals surface area contributed by atoms with Gasteiger partial charge in [0.15, 0.2) is 0 Å². The average molecular weight is 264 g/mol. The molecule has 0 bridgehead atoms. The van der Waals surface area contributed by atoms with Crippen molar-refractivity contribution in [1.29, 1.82) is 0 Å². The lowest BCUT2D eigenvalue weighted by Crippen LogP contribution is -2.02. The molecule has 11 heavy (non-hydrogen) atoms. The van der Waals surface area contributed by atoms with Crippen LogP contribution in [0.5, 0.6) is 0 Å². The molecular formula is C9H13IO. The zero-order valence-electron chi connectivity index (χ0n) is 6.68. The number of halogens is 1. The Morgan fingerprint density at radius 3 is 2.64 bits per heavy atom. The first-order valence-corrected chi connectivity index (χ1v) is 5.12. The lowest BCUT2D eigenvalue weighted by atomic mass is 9.97. The first-order chi connectivity index (χ1) is 5.24. The third-order valence-corrected chi connectivity index (χ3v) is 2.78. The third kappa shape index (κ3) is 2.60. The molecule has 2 heteroatoms. The quantitative estimate of drug-likeness (QED) is 0.600. The van der Waals surface area contributed by atoms with E-state index in [1.54, 1.807) is 0 Å². The van der Waals surface area contributed by atoms with Crippen molar-refractivity contribution < 1.29 is 5.11 Å². The zero-order chi connectivity index (χ0) is 8.27. The number of alkyl halides is 1. The van der Waals surface area contributed by atoms with Crippen molar-refractivity contribution in [3.05, 3.63) is 23.3 Å². The number of allylic oxidation sites excluding steroid dienone is 3. The van der Waals surface area contributed by atoms with Crippen LogP contribution in [-0.4, -0.2) is 15.6 Å². The van der Waals surface area contributed by atoms with E-state index in [0.717, 1.165) is 18.4 Å². The fourth-order valence-corrected chi connectivity index (χ4v) is 1.68. The number of aliphatic hydroxyl groups is 1. The second kappa shape index (κ2) is 4.26. The predicted molar refractivity (Wildman–Crippen MR) is 56.0 cm³/mol. The van der Waals surface area contributed by atoms with Crippen LogP contribution in [0.2, 0.25) is 0 Å². The fraction of sp³-hybridized carbons (Fsp3) is 0.556. The van der Waals surface area contributed by atoms with Crippen LogP contribution in [0.15, 0.2) is 23.3 Å². The van der Waals surface area contributed by atoms with Crippen molar-refractivity contribution >= 4 is 22.6 Å². The Labute approximate surface area is 81.3 Å². The molecule has 0 saturated carbocycles. The summed E-state index contributed by atoms with van der Waals surface area (Å²) in [6.07, 6.45) is 6.35. The first-order valence-electron chi connectivity index (χ1n) is 3.87. The smallest absolute Gasteiger partial charge is 0.0644 e. The van der Waals surface area contributed by atoms with Gasteiger partial charge >= 0.3 is 0 Å². The van der Waals surface area contributed by atoms with Gasteiger partial charge in [-0.2, -0.15) is 0 Å². The Kier molecular flexibility index (Phi) is 3.59. The Balaban J connectivity index is 2.61. The molecule has 1 aliphatic rings. The van der Waals surface area contributed by atoms with Gasteiger partial charge in [-0.05, 0) is 25.3 Å². The van der Waals surface area contributed by atoms with Gasteiger partial charge in [0.2, 0.25) is 0 Å². The number of hydrogen-bond acceptors (Lipinski definition) is 1. The van der Waals surface area contributed by atoms with Crippen molar-refractivity contribution in [3.8, 4) is 0 Å². The highest BCUT2D eigenvalue weighted by Crippen LogP contribution is 2.24. The Morgan fingerprint density at radius 2 is 2.27 bits per heavy atom. The molecule has 1 N–H and O–H groups in total. The molecule has 1 aliphatic carbocycles. The van der Waals surface area contributed by atoms with Gasteiger partial charge in [0.05, 0.1) is 6.61 Å². The van der Waals surface area contributed by atoms with Gasteiger partial charge in [-0.15, -0.1) is 0 Å². The maximum Gasteiger partial charge on any atom is 0.0644 e. The normalized spacial score (nSPS) is 20.6. The third-order valence-electron chi connectivity index (χ3n) is 1.98. The highest BCUT2D eigenvalue weighted by atomic mass is 127. The van der Waals surface area contributed by atoms with Crippen molar-refractivity contribution in [2.45, 2.75) is 23.7 Å². The molecule has 1 atom stereocenters. The standard InChI is InChI=1S/C9H13IO/c1-7(10)9-4-2-8(6-11)3-5-9/h2,4,7,11H,3,5-6H2,1H3. The van der Waals surface area contributed by atoms with E-state index in [1.165, 1.54) is 5.57 Å². The largest absolute Gasteiger partial charge is 0.392 e. The predicted octanol–water partition coefficient (Wildman–Crippen LogP) is 2.45. The monoisotopic (exact) mass is 264 g/mol. The van der Waals surface area contributed by atoms with Gasteiger partial charge in [-0.1, -0.05) is 40.3 Å². The van der Waals surface area contributed by atoms with Gasteiger partial charge in [-0.25, -0.2) is 0 Å². The summed E-state index contributed by atoms with van der Waals surface area (Å²) in [7, 11) is 0. The number of rotatable bonds is 2. The van der Waals surface area contributed by atoms with E-state index in [2.05, 4.69) is 35.6 Å². The molecule has 62 valence electrons. The summed E-state index contributed by atoms with van der Waals surface area (Å²) in [5.74, 6) is 0. The molecule has 0 radical (unpaired) electrons. The summed E-state index contributed by atoms with van der Waals surface area (Å²) in [6, 6.07) is 0. The summed E-state index contributed by atoms with van der Waals surface area (Å²) in [5.41, 5.74) is 2.65. The summed E-state index contributed by atoms with van der Waals surface area (Å²) in [4.78, 5) is 0. The van der Waals surface area contributed by atoms with Gasteiger partial charge in [0, 0.05) is 3.92 Å². The van der Waals surface area contributed by atoms with Crippen LogP contribution in [0.25, 0.3) is 0 Å².